The van der Waals surface area contributed by atoms with Gasteiger partial charge in [0.2, 0.25) is 0 Å². The molecular weight excluding hydrogens is 402 g/mol. The normalized spacial score (nSPS) is 15.3. The Balaban J connectivity index is 1.67. The van der Waals surface area contributed by atoms with E-state index in [1.807, 2.05) is 25.1 Å². The Labute approximate surface area is 171 Å². The minimum absolute atomic E-state index is 0.527. The van der Waals surface area contributed by atoms with Gasteiger partial charge in [-0.3, -0.25) is 0 Å². The molecule has 1 N–H and O–H groups in total. The van der Waals surface area contributed by atoms with Crippen molar-refractivity contribution in [1.29, 1.82) is 0 Å². The molecule has 2 aromatic carbocycles. The summed E-state index contributed by atoms with van der Waals surface area (Å²) in [7, 11) is 0. The van der Waals surface area contributed by atoms with Crippen molar-refractivity contribution in [1.82, 2.24) is 5.32 Å². The molecule has 1 aliphatic carbocycles. The van der Waals surface area contributed by atoms with E-state index in [1.54, 1.807) is 0 Å². The predicted molar refractivity (Wildman–Crippen MR) is 114 cm³/mol. The topological polar surface area (TPSA) is 30.5 Å². The van der Waals surface area contributed by atoms with E-state index in [0.717, 1.165) is 28.1 Å². The van der Waals surface area contributed by atoms with Crippen LogP contribution in [0.4, 0.5) is 0 Å². The zero-order valence-corrected chi connectivity index (χ0v) is 17.8. The molecule has 0 radical (unpaired) electrons. The van der Waals surface area contributed by atoms with Crippen LogP contribution in [0.25, 0.3) is 0 Å². The van der Waals surface area contributed by atoms with Crippen molar-refractivity contribution >= 4 is 15.9 Å². The Kier molecular flexibility index (Phi) is 8.03. The molecule has 0 bridgehead atoms. The van der Waals surface area contributed by atoms with Crippen LogP contribution in [0.5, 0.6) is 11.5 Å². The second-order valence-corrected chi connectivity index (χ2v) is 8.04. The van der Waals surface area contributed by atoms with Crippen molar-refractivity contribution in [2.45, 2.75) is 64.6 Å². The molecular formula is C23H30BrNO2. The minimum atomic E-state index is 0.527. The smallest absolute Gasteiger partial charge is 0.175 e. The molecule has 0 atom stereocenters. The van der Waals surface area contributed by atoms with E-state index in [4.69, 9.17) is 9.47 Å². The van der Waals surface area contributed by atoms with E-state index in [-0.39, 0.29) is 0 Å². The van der Waals surface area contributed by atoms with Crippen molar-refractivity contribution in [3.8, 4) is 11.5 Å². The quantitative estimate of drug-likeness (QED) is 0.501. The summed E-state index contributed by atoms with van der Waals surface area (Å²) in [6.07, 6.45) is 8.03. The van der Waals surface area contributed by atoms with Crippen LogP contribution >= 0.6 is 15.9 Å². The summed E-state index contributed by atoms with van der Waals surface area (Å²) < 4.78 is 12.9. The fourth-order valence-corrected chi connectivity index (χ4v) is 4.21. The summed E-state index contributed by atoms with van der Waals surface area (Å²) in [5.74, 6) is 1.58. The maximum absolute atomic E-state index is 6.08. The molecule has 3 nitrogen and oxygen atoms in total. The Morgan fingerprint density at radius 1 is 0.963 bits per heavy atom. The largest absolute Gasteiger partial charge is 0.490 e. The summed E-state index contributed by atoms with van der Waals surface area (Å²) in [6, 6.07) is 15.1. The first-order chi connectivity index (χ1) is 13.3. The average molecular weight is 432 g/mol. The summed E-state index contributed by atoms with van der Waals surface area (Å²) in [5.41, 5.74) is 2.37. The SMILES string of the molecule is CCOc1cc(CNC2CCCCCC2)cc(Br)c1OCc1ccccc1. The molecule has 27 heavy (non-hydrogen) atoms. The van der Waals surface area contributed by atoms with Crippen LogP contribution in [0, 0.1) is 0 Å². The first-order valence-corrected chi connectivity index (χ1v) is 10.9. The Morgan fingerprint density at radius 2 is 1.70 bits per heavy atom. The number of hydrogen-bond acceptors (Lipinski definition) is 3. The predicted octanol–water partition coefficient (Wildman–Crippen LogP) is 6.24. The number of halogens is 1. The van der Waals surface area contributed by atoms with Gasteiger partial charge in [-0.2, -0.15) is 0 Å². The summed E-state index contributed by atoms with van der Waals surface area (Å²) in [5, 5.41) is 3.73. The Bertz CT molecular complexity index is 697. The molecule has 2 aromatic rings. The van der Waals surface area contributed by atoms with E-state index in [2.05, 4.69) is 45.5 Å². The van der Waals surface area contributed by atoms with Crippen molar-refractivity contribution in [2.24, 2.45) is 0 Å². The lowest BCUT2D eigenvalue weighted by molar-refractivity contribution is 0.267. The van der Waals surface area contributed by atoms with E-state index < -0.39 is 0 Å². The van der Waals surface area contributed by atoms with Gasteiger partial charge in [0.25, 0.3) is 0 Å². The maximum atomic E-state index is 6.08. The van der Waals surface area contributed by atoms with Crippen LogP contribution in [0.15, 0.2) is 46.9 Å². The number of rotatable bonds is 8. The first kappa shape index (κ1) is 20.2. The van der Waals surface area contributed by atoms with Crippen molar-refractivity contribution < 1.29 is 9.47 Å². The second kappa shape index (κ2) is 10.7. The van der Waals surface area contributed by atoms with Gasteiger partial charge < -0.3 is 14.8 Å². The molecule has 1 saturated carbocycles. The lowest BCUT2D eigenvalue weighted by Crippen LogP contribution is -2.27. The standard InChI is InChI=1S/C23H30BrNO2/c1-2-26-22-15-19(16-25-20-12-8-3-4-9-13-20)14-21(24)23(22)27-17-18-10-6-5-7-11-18/h5-7,10-11,14-15,20,25H,2-4,8-9,12-13,16-17H2,1H3. The van der Waals surface area contributed by atoms with Crippen LogP contribution in [0.2, 0.25) is 0 Å². The van der Waals surface area contributed by atoms with Crippen molar-refractivity contribution in [3.63, 3.8) is 0 Å². The molecule has 146 valence electrons. The van der Waals surface area contributed by atoms with Gasteiger partial charge in [-0.25, -0.2) is 0 Å². The van der Waals surface area contributed by atoms with Gasteiger partial charge in [-0.1, -0.05) is 56.0 Å². The highest BCUT2D eigenvalue weighted by Crippen LogP contribution is 2.37. The molecule has 1 fully saturated rings. The van der Waals surface area contributed by atoms with E-state index >= 15 is 0 Å². The molecule has 0 spiro atoms. The highest BCUT2D eigenvalue weighted by Gasteiger charge is 2.15. The van der Waals surface area contributed by atoms with Gasteiger partial charge in [0, 0.05) is 12.6 Å². The highest BCUT2D eigenvalue weighted by atomic mass is 79.9. The third kappa shape index (κ3) is 6.25. The first-order valence-electron chi connectivity index (χ1n) is 10.1. The lowest BCUT2D eigenvalue weighted by Gasteiger charge is -2.18. The van der Waals surface area contributed by atoms with Gasteiger partial charge in [0.15, 0.2) is 11.5 Å². The summed E-state index contributed by atoms with van der Waals surface area (Å²) in [4.78, 5) is 0. The second-order valence-electron chi connectivity index (χ2n) is 7.18. The molecule has 1 aliphatic rings. The maximum Gasteiger partial charge on any atom is 0.175 e. The minimum Gasteiger partial charge on any atom is -0.490 e. The third-order valence-corrected chi connectivity index (χ3v) is 5.63. The summed E-state index contributed by atoms with van der Waals surface area (Å²) in [6.45, 7) is 4.01. The van der Waals surface area contributed by atoms with E-state index in [1.165, 1.54) is 44.1 Å². The van der Waals surface area contributed by atoms with Crippen molar-refractivity contribution in [3.05, 3.63) is 58.1 Å². The van der Waals surface area contributed by atoms with Gasteiger partial charge in [-0.05, 0) is 59.0 Å². The van der Waals surface area contributed by atoms with Crippen LogP contribution in [0.3, 0.4) is 0 Å². The molecule has 4 heteroatoms. The van der Waals surface area contributed by atoms with E-state index in [0.29, 0.717) is 19.3 Å². The van der Waals surface area contributed by atoms with Gasteiger partial charge in [0.1, 0.15) is 6.61 Å². The summed E-state index contributed by atoms with van der Waals surface area (Å²) >= 11 is 3.69. The lowest BCUT2D eigenvalue weighted by atomic mass is 10.1. The average Bonchev–Trinajstić information content (AvgIpc) is 2.96. The fraction of sp³-hybridized carbons (Fsp3) is 0.478. The van der Waals surface area contributed by atoms with Crippen LogP contribution in [-0.2, 0) is 13.2 Å². The van der Waals surface area contributed by atoms with Crippen molar-refractivity contribution in [2.75, 3.05) is 6.61 Å². The molecule has 0 heterocycles. The van der Waals surface area contributed by atoms with E-state index in [9.17, 15) is 0 Å². The van der Waals surface area contributed by atoms with Crippen LogP contribution < -0.4 is 14.8 Å². The third-order valence-electron chi connectivity index (χ3n) is 5.05. The molecule has 0 unspecified atom stereocenters. The molecule has 0 amide bonds. The van der Waals surface area contributed by atoms with Gasteiger partial charge in [0.05, 0.1) is 11.1 Å². The molecule has 0 aromatic heterocycles. The molecule has 0 saturated heterocycles. The zero-order valence-electron chi connectivity index (χ0n) is 16.2. The van der Waals surface area contributed by atoms with Crippen LogP contribution in [0.1, 0.15) is 56.6 Å². The van der Waals surface area contributed by atoms with Gasteiger partial charge >= 0.3 is 0 Å². The van der Waals surface area contributed by atoms with Gasteiger partial charge in [-0.15, -0.1) is 0 Å². The number of benzene rings is 2. The number of nitrogens with one attached hydrogen (secondary N) is 1. The highest BCUT2D eigenvalue weighted by molar-refractivity contribution is 9.10. The number of ether oxygens (including phenoxy) is 2. The Morgan fingerprint density at radius 3 is 2.41 bits per heavy atom. The fourth-order valence-electron chi connectivity index (χ4n) is 3.60. The monoisotopic (exact) mass is 431 g/mol. The zero-order chi connectivity index (χ0) is 18.9. The van der Waals surface area contributed by atoms with Crippen LogP contribution in [-0.4, -0.2) is 12.6 Å². The number of hydrogen-bond donors (Lipinski definition) is 1. The Hall–Kier alpha value is -1.52. The molecule has 0 aliphatic heterocycles. The molecule has 3 rings (SSSR count).